The molecular weight excluding hydrogens is 225 g/mol. The van der Waals surface area contributed by atoms with Gasteiger partial charge in [0.2, 0.25) is 0 Å². The number of alkyl halides is 1. The number of carbonyl (C=O) groups excluding carboxylic acids is 1. The van der Waals surface area contributed by atoms with Crippen molar-refractivity contribution in [2.24, 2.45) is 0 Å². The Kier molecular flexibility index (Phi) is 3.41. The van der Waals surface area contributed by atoms with Gasteiger partial charge in [-0.25, -0.2) is 4.39 Å². The van der Waals surface area contributed by atoms with Crippen LogP contribution >= 0.6 is 0 Å². The number of rotatable bonds is 3. The molecule has 0 aromatic carbocycles. The molecule has 0 aromatic rings. The maximum absolute atomic E-state index is 13.8. The number of hydrogen-bond donors (Lipinski definition) is 1. The Labute approximate surface area is 101 Å². The molecule has 5 heteroatoms. The maximum atomic E-state index is 13.8. The SMILES string of the molecule is CC(C)O[C@H]1CCN(C(=O)C2(O)CC2)C[C@H]1F. The summed E-state index contributed by atoms with van der Waals surface area (Å²) in [5.74, 6) is -0.317. The van der Waals surface area contributed by atoms with Crippen LogP contribution in [0.15, 0.2) is 0 Å². The van der Waals surface area contributed by atoms with Gasteiger partial charge in [0.15, 0.2) is 0 Å². The lowest BCUT2D eigenvalue weighted by molar-refractivity contribution is -0.149. The predicted octanol–water partition coefficient (Wildman–Crippen LogP) is 0.875. The van der Waals surface area contributed by atoms with Gasteiger partial charge >= 0.3 is 0 Å². The van der Waals surface area contributed by atoms with Gasteiger partial charge in [0, 0.05) is 6.54 Å². The topological polar surface area (TPSA) is 49.8 Å². The second-order valence-corrected chi connectivity index (χ2v) is 5.31. The molecule has 1 saturated carbocycles. The van der Waals surface area contributed by atoms with Crippen molar-refractivity contribution in [1.29, 1.82) is 0 Å². The van der Waals surface area contributed by atoms with E-state index in [-0.39, 0.29) is 18.6 Å². The number of amides is 1. The van der Waals surface area contributed by atoms with Crippen LogP contribution in [-0.4, -0.2) is 53.0 Å². The van der Waals surface area contributed by atoms with E-state index >= 15 is 0 Å². The molecule has 1 aliphatic carbocycles. The summed E-state index contributed by atoms with van der Waals surface area (Å²) in [6.45, 7) is 4.26. The Morgan fingerprint density at radius 1 is 1.53 bits per heavy atom. The summed E-state index contributed by atoms with van der Waals surface area (Å²) in [4.78, 5) is 13.3. The van der Waals surface area contributed by atoms with E-state index < -0.39 is 17.9 Å². The fraction of sp³-hybridized carbons (Fsp3) is 0.917. The van der Waals surface area contributed by atoms with E-state index in [2.05, 4.69) is 0 Å². The number of piperidine rings is 1. The molecule has 98 valence electrons. The van der Waals surface area contributed by atoms with Crippen molar-refractivity contribution in [1.82, 2.24) is 4.90 Å². The van der Waals surface area contributed by atoms with E-state index in [4.69, 9.17) is 4.74 Å². The summed E-state index contributed by atoms with van der Waals surface area (Å²) in [5, 5.41) is 9.70. The van der Waals surface area contributed by atoms with Crippen LogP contribution in [0, 0.1) is 0 Å². The fourth-order valence-electron chi connectivity index (χ4n) is 2.20. The summed E-state index contributed by atoms with van der Waals surface area (Å²) in [6, 6.07) is 0. The Balaban J connectivity index is 1.88. The molecule has 1 aliphatic heterocycles. The van der Waals surface area contributed by atoms with Gasteiger partial charge in [0.05, 0.1) is 18.8 Å². The van der Waals surface area contributed by atoms with Crippen LogP contribution in [-0.2, 0) is 9.53 Å². The minimum Gasteiger partial charge on any atom is -0.380 e. The molecule has 0 spiro atoms. The first-order valence-corrected chi connectivity index (χ1v) is 6.24. The van der Waals surface area contributed by atoms with E-state index in [0.717, 1.165) is 0 Å². The third-order valence-electron chi connectivity index (χ3n) is 3.34. The van der Waals surface area contributed by atoms with Crippen molar-refractivity contribution in [3.63, 3.8) is 0 Å². The highest BCUT2D eigenvalue weighted by molar-refractivity contribution is 5.87. The van der Waals surface area contributed by atoms with Crippen molar-refractivity contribution in [3.05, 3.63) is 0 Å². The largest absolute Gasteiger partial charge is 0.380 e. The summed E-state index contributed by atoms with van der Waals surface area (Å²) >= 11 is 0. The van der Waals surface area contributed by atoms with Crippen molar-refractivity contribution < 1.29 is 19.0 Å². The number of ether oxygens (including phenoxy) is 1. The highest BCUT2D eigenvalue weighted by Gasteiger charge is 2.51. The minimum atomic E-state index is -1.19. The molecule has 1 N–H and O–H groups in total. The van der Waals surface area contributed by atoms with Crippen LogP contribution in [0.5, 0.6) is 0 Å². The van der Waals surface area contributed by atoms with Gasteiger partial charge < -0.3 is 14.7 Å². The number of hydrogen-bond acceptors (Lipinski definition) is 3. The number of likely N-dealkylation sites (tertiary alicyclic amines) is 1. The Hall–Kier alpha value is -0.680. The fourth-order valence-corrected chi connectivity index (χ4v) is 2.20. The molecule has 1 heterocycles. The average molecular weight is 245 g/mol. The zero-order valence-electron chi connectivity index (χ0n) is 10.4. The highest BCUT2D eigenvalue weighted by atomic mass is 19.1. The quantitative estimate of drug-likeness (QED) is 0.803. The normalized spacial score (nSPS) is 31.7. The molecule has 0 bridgehead atoms. The molecule has 1 amide bonds. The molecule has 0 unspecified atom stereocenters. The third-order valence-corrected chi connectivity index (χ3v) is 3.34. The summed E-state index contributed by atoms with van der Waals surface area (Å²) in [6.07, 6.45) is -0.0733. The second-order valence-electron chi connectivity index (χ2n) is 5.31. The van der Waals surface area contributed by atoms with Gasteiger partial charge in [-0.05, 0) is 33.1 Å². The van der Waals surface area contributed by atoms with E-state index in [1.165, 1.54) is 4.90 Å². The smallest absolute Gasteiger partial charge is 0.254 e. The predicted molar refractivity (Wildman–Crippen MR) is 60.3 cm³/mol. The highest BCUT2D eigenvalue weighted by Crippen LogP contribution is 2.37. The maximum Gasteiger partial charge on any atom is 0.254 e. The number of carbonyl (C=O) groups is 1. The monoisotopic (exact) mass is 245 g/mol. The molecule has 2 atom stereocenters. The van der Waals surface area contributed by atoms with Gasteiger partial charge in [-0.1, -0.05) is 0 Å². The Morgan fingerprint density at radius 2 is 2.18 bits per heavy atom. The van der Waals surface area contributed by atoms with Crippen LogP contribution in [0.2, 0.25) is 0 Å². The van der Waals surface area contributed by atoms with E-state index in [9.17, 15) is 14.3 Å². The first-order chi connectivity index (χ1) is 7.92. The summed E-state index contributed by atoms with van der Waals surface area (Å²) < 4.78 is 19.3. The lowest BCUT2D eigenvalue weighted by Gasteiger charge is -2.36. The van der Waals surface area contributed by atoms with Crippen LogP contribution in [0.3, 0.4) is 0 Å². The van der Waals surface area contributed by atoms with Crippen molar-refractivity contribution in [2.75, 3.05) is 13.1 Å². The molecule has 2 aliphatic rings. The van der Waals surface area contributed by atoms with Gasteiger partial charge in [0.25, 0.3) is 5.91 Å². The van der Waals surface area contributed by atoms with E-state index in [1.54, 1.807) is 0 Å². The minimum absolute atomic E-state index is 0.00637. The molecule has 4 nitrogen and oxygen atoms in total. The molecular formula is C12H20FNO3. The Morgan fingerprint density at radius 3 is 2.65 bits per heavy atom. The lowest BCUT2D eigenvalue weighted by Crippen LogP contribution is -2.52. The zero-order valence-corrected chi connectivity index (χ0v) is 10.4. The van der Waals surface area contributed by atoms with Gasteiger partial charge in [0.1, 0.15) is 11.8 Å². The van der Waals surface area contributed by atoms with Gasteiger partial charge in [-0.3, -0.25) is 4.79 Å². The summed E-state index contributed by atoms with van der Waals surface area (Å²) in [5.41, 5.74) is -1.19. The molecule has 0 radical (unpaired) electrons. The number of nitrogens with zero attached hydrogens (tertiary/aromatic N) is 1. The lowest BCUT2D eigenvalue weighted by atomic mass is 10.0. The number of halogens is 1. The van der Waals surface area contributed by atoms with Crippen LogP contribution in [0.4, 0.5) is 4.39 Å². The van der Waals surface area contributed by atoms with E-state index in [0.29, 0.717) is 25.8 Å². The van der Waals surface area contributed by atoms with Crippen molar-refractivity contribution >= 4 is 5.91 Å². The molecule has 17 heavy (non-hydrogen) atoms. The molecule has 2 fully saturated rings. The van der Waals surface area contributed by atoms with Crippen molar-refractivity contribution in [3.8, 4) is 0 Å². The van der Waals surface area contributed by atoms with Crippen molar-refractivity contribution in [2.45, 2.75) is 57.1 Å². The standard InChI is InChI=1S/C12H20FNO3/c1-8(2)17-10-3-6-14(7-9(10)13)11(15)12(16)4-5-12/h8-10,16H,3-7H2,1-2H3/t9-,10+/m1/s1. The first-order valence-electron chi connectivity index (χ1n) is 6.24. The molecule has 0 aromatic heterocycles. The van der Waals surface area contributed by atoms with Gasteiger partial charge in [-0.2, -0.15) is 0 Å². The van der Waals surface area contributed by atoms with E-state index in [1.807, 2.05) is 13.8 Å². The third kappa shape index (κ3) is 2.77. The van der Waals surface area contributed by atoms with Crippen LogP contribution < -0.4 is 0 Å². The molecule has 2 rings (SSSR count). The summed E-state index contributed by atoms with van der Waals surface area (Å²) in [7, 11) is 0. The Bertz CT molecular complexity index is 304. The zero-order chi connectivity index (χ0) is 12.6. The molecule has 1 saturated heterocycles. The first kappa shape index (κ1) is 12.8. The number of aliphatic hydroxyl groups is 1. The average Bonchev–Trinajstić information content (AvgIpc) is 2.99. The van der Waals surface area contributed by atoms with Gasteiger partial charge in [-0.15, -0.1) is 0 Å². The van der Waals surface area contributed by atoms with Crippen LogP contribution in [0.1, 0.15) is 33.1 Å². The second kappa shape index (κ2) is 4.53. The van der Waals surface area contributed by atoms with Crippen LogP contribution in [0.25, 0.3) is 0 Å².